The Morgan fingerprint density at radius 3 is 2.17 bits per heavy atom. The summed E-state index contributed by atoms with van der Waals surface area (Å²) < 4.78 is 0. The number of ketones is 1. The van der Waals surface area contributed by atoms with Gasteiger partial charge in [-0.25, -0.2) is 0 Å². The molecule has 0 aliphatic heterocycles. The number of nitrogens with two attached hydrogens (primary N) is 1. The van der Waals surface area contributed by atoms with Gasteiger partial charge in [-0.15, -0.1) is 0 Å². The monoisotopic (exact) mass is 171 g/mol. The van der Waals surface area contributed by atoms with Crippen molar-refractivity contribution in [3.05, 3.63) is 0 Å². The molecule has 2 nitrogen and oxygen atoms in total. The maximum absolute atomic E-state index is 11.2. The lowest BCUT2D eigenvalue weighted by atomic mass is 9.81. The molecule has 0 fully saturated rings. The first-order valence-corrected chi connectivity index (χ1v) is 4.77. The molecule has 0 saturated carbocycles. The Morgan fingerprint density at radius 1 is 1.33 bits per heavy atom. The third kappa shape index (κ3) is 2.94. The summed E-state index contributed by atoms with van der Waals surface area (Å²) in [7, 11) is 0. The van der Waals surface area contributed by atoms with Crippen molar-refractivity contribution in [1.82, 2.24) is 0 Å². The molecule has 3 unspecified atom stereocenters. The van der Waals surface area contributed by atoms with E-state index in [0.29, 0.717) is 11.8 Å². The summed E-state index contributed by atoms with van der Waals surface area (Å²) in [4.78, 5) is 11.2. The van der Waals surface area contributed by atoms with E-state index in [1.807, 2.05) is 6.92 Å². The van der Waals surface area contributed by atoms with Crippen LogP contribution in [-0.4, -0.2) is 12.3 Å². The van der Waals surface area contributed by atoms with Crippen LogP contribution in [0.5, 0.6) is 0 Å². The van der Waals surface area contributed by atoms with Crippen LogP contribution in [0, 0.1) is 17.8 Å². The lowest BCUT2D eigenvalue weighted by Gasteiger charge is -2.23. The minimum Gasteiger partial charge on any atom is -0.324 e. The Labute approximate surface area is 75.5 Å². The fraction of sp³-hybridized carbons (Fsp3) is 0.900. The van der Waals surface area contributed by atoms with E-state index in [4.69, 9.17) is 5.73 Å². The van der Waals surface area contributed by atoms with Gasteiger partial charge >= 0.3 is 0 Å². The van der Waals surface area contributed by atoms with Crippen LogP contribution in [-0.2, 0) is 4.79 Å². The molecule has 3 atom stereocenters. The molecule has 0 radical (unpaired) electrons. The second-order valence-corrected chi connectivity index (χ2v) is 3.70. The normalized spacial score (nSPS) is 18.4. The average molecular weight is 171 g/mol. The van der Waals surface area contributed by atoms with Crippen LogP contribution in [0.4, 0.5) is 0 Å². The molecule has 0 aliphatic carbocycles. The molecule has 72 valence electrons. The van der Waals surface area contributed by atoms with Gasteiger partial charge in [0.15, 0.2) is 0 Å². The Hall–Kier alpha value is -0.370. The van der Waals surface area contributed by atoms with Crippen LogP contribution in [0.1, 0.15) is 34.1 Å². The van der Waals surface area contributed by atoms with E-state index in [9.17, 15) is 4.79 Å². The molecular formula is C10H21NO. The van der Waals surface area contributed by atoms with Crippen LogP contribution in [0.25, 0.3) is 0 Å². The Balaban J connectivity index is 4.08. The first-order chi connectivity index (χ1) is 5.54. The van der Waals surface area contributed by atoms with E-state index in [1.165, 1.54) is 0 Å². The lowest BCUT2D eigenvalue weighted by molar-refractivity contribution is -0.122. The summed E-state index contributed by atoms with van der Waals surface area (Å²) >= 11 is 0. The van der Waals surface area contributed by atoms with Crippen molar-refractivity contribution < 1.29 is 4.79 Å². The SMILES string of the molecule is CCC(C)C(C)C(C)C(=O)CN. The number of carbonyl (C=O) groups excluding carboxylic acids is 1. The minimum atomic E-state index is 0.116. The van der Waals surface area contributed by atoms with Crippen molar-refractivity contribution in [3.8, 4) is 0 Å². The van der Waals surface area contributed by atoms with Gasteiger partial charge in [0.05, 0.1) is 6.54 Å². The summed E-state index contributed by atoms with van der Waals surface area (Å²) in [6, 6.07) is 0. The second kappa shape index (κ2) is 5.31. The van der Waals surface area contributed by atoms with Gasteiger partial charge in [-0.05, 0) is 11.8 Å². The van der Waals surface area contributed by atoms with Gasteiger partial charge in [-0.2, -0.15) is 0 Å². The Morgan fingerprint density at radius 2 is 1.83 bits per heavy atom. The highest BCUT2D eigenvalue weighted by Crippen LogP contribution is 2.23. The maximum atomic E-state index is 11.2. The Bertz CT molecular complexity index is 145. The second-order valence-electron chi connectivity index (χ2n) is 3.70. The van der Waals surface area contributed by atoms with Crippen LogP contribution < -0.4 is 5.73 Å². The van der Waals surface area contributed by atoms with Crippen LogP contribution >= 0.6 is 0 Å². The van der Waals surface area contributed by atoms with E-state index in [2.05, 4.69) is 20.8 Å². The fourth-order valence-electron chi connectivity index (χ4n) is 1.34. The zero-order valence-electron chi connectivity index (χ0n) is 8.63. The summed E-state index contributed by atoms with van der Waals surface area (Å²) in [5, 5.41) is 0. The quantitative estimate of drug-likeness (QED) is 0.685. The summed E-state index contributed by atoms with van der Waals surface area (Å²) in [6.07, 6.45) is 1.13. The molecule has 0 amide bonds. The largest absolute Gasteiger partial charge is 0.324 e. The first-order valence-electron chi connectivity index (χ1n) is 4.77. The van der Waals surface area contributed by atoms with E-state index < -0.39 is 0 Å². The van der Waals surface area contributed by atoms with E-state index in [1.54, 1.807) is 0 Å². The number of Topliss-reactive ketones (excluding diaryl/α,β-unsaturated/α-hetero) is 1. The van der Waals surface area contributed by atoms with Gasteiger partial charge in [0.1, 0.15) is 5.78 Å². The Kier molecular flexibility index (Phi) is 5.14. The molecular weight excluding hydrogens is 150 g/mol. The molecule has 0 saturated heterocycles. The molecule has 0 aromatic carbocycles. The summed E-state index contributed by atoms with van der Waals surface area (Å²) in [5.74, 6) is 1.36. The predicted octanol–water partition coefficient (Wildman–Crippen LogP) is 1.83. The molecule has 0 aliphatic rings. The van der Waals surface area contributed by atoms with E-state index in [-0.39, 0.29) is 18.2 Å². The molecule has 2 heteroatoms. The minimum absolute atomic E-state index is 0.116. The van der Waals surface area contributed by atoms with Crippen molar-refractivity contribution in [2.24, 2.45) is 23.5 Å². The van der Waals surface area contributed by atoms with Crippen molar-refractivity contribution in [1.29, 1.82) is 0 Å². The van der Waals surface area contributed by atoms with Crippen molar-refractivity contribution in [2.45, 2.75) is 34.1 Å². The smallest absolute Gasteiger partial charge is 0.149 e. The predicted molar refractivity (Wildman–Crippen MR) is 51.8 cm³/mol. The standard InChI is InChI=1S/C10H21NO/c1-5-7(2)8(3)9(4)10(12)6-11/h7-9H,5-6,11H2,1-4H3. The molecule has 2 N–H and O–H groups in total. The van der Waals surface area contributed by atoms with Crippen molar-refractivity contribution in [2.75, 3.05) is 6.54 Å². The molecule has 12 heavy (non-hydrogen) atoms. The fourth-order valence-corrected chi connectivity index (χ4v) is 1.34. The number of hydrogen-bond acceptors (Lipinski definition) is 2. The van der Waals surface area contributed by atoms with Gasteiger partial charge in [-0.1, -0.05) is 34.1 Å². The molecule has 0 heterocycles. The number of rotatable bonds is 5. The highest BCUT2D eigenvalue weighted by Gasteiger charge is 2.22. The number of hydrogen-bond donors (Lipinski definition) is 1. The van der Waals surface area contributed by atoms with Gasteiger partial charge in [0.2, 0.25) is 0 Å². The van der Waals surface area contributed by atoms with Crippen molar-refractivity contribution in [3.63, 3.8) is 0 Å². The first kappa shape index (κ1) is 11.6. The van der Waals surface area contributed by atoms with E-state index >= 15 is 0 Å². The zero-order chi connectivity index (χ0) is 9.72. The number of carbonyl (C=O) groups is 1. The summed E-state index contributed by atoms with van der Waals surface area (Å²) in [6.45, 7) is 8.63. The molecule has 0 aromatic heterocycles. The zero-order valence-corrected chi connectivity index (χ0v) is 8.63. The maximum Gasteiger partial charge on any atom is 0.149 e. The lowest BCUT2D eigenvalue weighted by Crippen LogP contribution is -2.28. The molecule has 0 bridgehead atoms. The van der Waals surface area contributed by atoms with Gasteiger partial charge in [-0.3, -0.25) is 4.79 Å². The van der Waals surface area contributed by atoms with E-state index in [0.717, 1.165) is 6.42 Å². The topological polar surface area (TPSA) is 43.1 Å². The van der Waals surface area contributed by atoms with Crippen LogP contribution in [0.15, 0.2) is 0 Å². The average Bonchev–Trinajstić information content (AvgIpc) is 2.12. The van der Waals surface area contributed by atoms with Crippen molar-refractivity contribution >= 4 is 5.78 Å². The third-order valence-electron chi connectivity index (χ3n) is 3.04. The highest BCUT2D eigenvalue weighted by atomic mass is 16.1. The van der Waals surface area contributed by atoms with Crippen LogP contribution in [0.2, 0.25) is 0 Å². The van der Waals surface area contributed by atoms with Gasteiger partial charge < -0.3 is 5.73 Å². The molecule has 0 rings (SSSR count). The molecule has 0 aromatic rings. The van der Waals surface area contributed by atoms with Crippen LogP contribution in [0.3, 0.4) is 0 Å². The highest BCUT2D eigenvalue weighted by molar-refractivity contribution is 5.82. The third-order valence-corrected chi connectivity index (χ3v) is 3.04. The van der Waals surface area contributed by atoms with Gasteiger partial charge in [0, 0.05) is 5.92 Å². The van der Waals surface area contributed by atoms with Gasteiger partial charge in [0.25, 0.3) is 0 Å². The molecule has 0 spiro atoms. The summed E-state index contributed by atoms with van der Waals surface area (Å²) in [5.41, 5.74) is 5.30.